The smallest absolute Gasteiger partial charge is 0.0851 e. The van der Waals surface area contributed by atoms with E-state index in [1.54, 1.807) is 0 Å². The van der Waals surface area contributed by atoms with Crippen molar-refractivity contribution in [2.24, 2.45) is 0 Å². The number of pyridine rings is 1. The van der Waals surface area contributed by atoms with E-state index in [0.717, 1.165) is 42.6 Å². The lowest BCUT2D eigenvalue weighted by atomic mass is 10.2. The van der Waals surface area contributed by atoms with Crippen LogP contribution >= 0.6 is 11.6 Å². The van der Waals surface area contributed by atoms with Crippen LogP contribution in [-0.2, 0) is 0 Å². The Morgan fingerprint density at radius 3 is 2.86 bits per heavy atom. The quantitative estimate of drug-likeness (QED) is 0.762. The zero-order chi connectivity index (χ0) is 9.97. The van der Waals surface area contributed by atoms with Gasteiger partial charge in [-0.2, -0.15) is 0 Å². The molecule has 0 aromatic carbocycles. The van der Waals surface area contributed by atoms with Crippen molar-refractivity contribution in [2.75, 3.05) is 31.1 Å². The van der Waals surface area contributed by atoms with Gasteiger partial charge in [-0.3, -0.25) is 4.98 Å². The number of anilines is 1. The molecular formula is C10H14ClN3. The molecule has 1 aliphatic heterocycles. The second-order valence-corrected chi connectivity index (χ2v) is 3.84. The summed E-state index contributed by atoms with van der Waals surface area (Å²) in [6.45, 7) is 6.02. The number of hydrogen-bond acceptors (Lipinski definition) is 3. The number of piperazine rings is 1. The standard InChI is InChI=1S/C10H14ClN3/c1-8-10(11)9(2-3-13-8)14-6-4-12-5-7-14/h2-3,12H,4-7H2,1H3. The second kappa shape index (κ2) is 4.15. The van der Waals surface area contributed by atoms with Gasteiger partial charge in [0.05, 0.1) is 16.4 Å². The maximum Gasteiger partial charge on any atom is 0.0851 e. The van der Waals surface area contributed by atoms with Crippen molar-refractivity contribution < 1.29 is 0 Å². The molecule has 1 N–H and O–H groups in total. The van der Waals surface area contributed by atoms with Crippen molar-refractivity contribution >= 4 is 17.3 Å². The highest BCUT2D eigenvalue weighted by atomic mass is 35.5. The van der Waals surface area contributed by atoms with E-state index in [9.17, 15) is 0 Å². The van der Waals surface area contributed by atoms with Crippen LogP contribution < -0.4 is 10.2 Å². The molecule has 1 aromatic rings. The molecule has 76 valence electrons. The first-order valence-corrected chi connectivity index (χ1v) is 5.23. The van der Waals surface area contributed by atoms with Crippen LogP contribution in [0.5, 0.6) is 0 Å². The fourth-order valence-corrected chi connectivity index (χ4v) is 1.92. The summed E-state index contributed by atoms with van der Waals surface area (Å²) < 4.78 is 0. The van der Waals surface area contributed by atoms with Gasteiger partial charge in [0.1, 0.15) is 0 Å². The summed E-state index contributed by atoms with van der Waals surface area (Å²) in [5, 5.41) is 4.10. The van der Waals surface area contributed by atoms with Crippen molar-refractivity contribution in [3.63, 3.8) is 0 Å². The second-order valence-electron chi connectivity index (χ2n) is 3.47. The number of rotatable bonds is 1. The van der Waals surface area contributed by atoms with Gasteiger partial charge in [-0.05, 0) is 13.0 Å². The first-order valence-electron chi connectivity index (χ1n) is 4.86. The Kier molecular flexibility index (Phi) is 2.89. The Morgan fingerprint density at radius 1 is 1.43 bits per heavy atom. The Morgan fingerprint density at radius 2 is 2.14 bits per heavy atom. The number of aryl methyl sites for hydroxylation is 1. The van der Waals surface area contributed by atoms with Crippen LogP contribution in [0.25, 0.3) is 0 Å². The molecule has 0 unspecified atom stereocenters. The molecule has 1 aliphatic rings. The monoisotopic (exact) mass is 211 g/mol. The molecule has 0 amide bonds. The minimum atomic E-state index is 0.786. The van der Waals surface area contributed by atoms with Crippen LogP contribution in [0.15, 0.2) is 12.3 Å². The molecule has 14 heavy (non-hydrogen) atoms. The minimum Gasteiger partial charge on any atom is -0.368 e. The van der Waals surface area contributed by atoms with Crippen molar-refractivity contribution in [2.45, 2.75) is 6.92 Å². The Bertz CT molecular complexity index is 321. The van der Waals surface area contributed by atoms with Gasteiger partial charge in [0.25, 0.3) is 0 Å². The molecule has 1 fully saturated rings. The maximum absolute atomic E-state index is 6.20. The zero-order valence-corrected chi connectivity index (χ0v) is 9.01. The van der Waals surface area contributed by atoms with Gasteiger partial charge in [0.15, 0.2) is 0 Å². The fourth-order valence-electron chi connectivity index (χ4n) is 1.68. The van der Waals surface area contributed by atoms with E-state index in [1.807, 2.05) is 19.2 Å². The van der Waals surface area contributed by atoms with Crippen LogP contribution in [0, 0.1) is 6.92 Å². The molecule has 0 spiro atoms. The van der Waals surface area contributed by atoms with Crippen LogP contribution in [0.1, 0.15) is 5.69 Å². The fraction of sp³-hybridized carbons (Fsp3) is 0.500. The highest BCUT2D eigenvalue weighted by molar-refractivity contribution is 6.33. The van der Waals surface area contributed by atoms with Gasteiger partial charge < -0.3 is 10.2 Å². The van der Waals surface area contributed by atoms with Gasteiger partial charge in [-0.25, -0.2) is 0 Å². The number of nitrogens with zero attached hydrogens (tertiary/aromatic N) is 2. The largest absolute Gasteiger partial charge is 0.368 e. The summed E-state index contributed by atoms with van der Waals surface area (Å²) in [6.07, 6.45) is 1.82. The van der Waals surface area contributed by atoms with Crippen molar-refractivity contribution in [1.82, 2.24) is 10.3 Å². The predicted octanol–water partition coefficient (Wildman–Crippen LogP) is 1.45. The third-order valence-electron chi connectivity index (χ3n) is 2.50. The lowest BCUT2D eigenvalue weighted by Crippen LogP contribution is -2.43. The van der Waals surface area contributed by atoms with E-state index in [4.69, 9.17) is 11.6 Å². The summed E-state index contributed by atoms with van der Waals surface area (Å²) in [5.74, 6) is 0. The van der Waals surface area contributed by atoms with Gasteiger partial charge in [0.2, 0.25) is 0 Å². The highest BCUT2D eigenvalue weighted by Gasteiger charge is 2.14. The summed E-state index contributed by atoms with van der Waals surface area (Å²) in [4.78, 5) is 6.46. The molecule has 2 heterocycles. The maximum atomic E-state index is 6.20. The molecule has 0 atom stereocenters. The van der Waals surface area contributed by atoms with Crippen molar-refractivity contribution in [1.29, 1.82) is 0 Å². The molecule has 2 rings (SSSR count). The number of nitrogens with one attached hydrogen (secondary N) is 1. The van der Waals surface area contributed by atoms with Gasteiger partial charge in [-0.1, -0.05) is 11.6 Å². The lowest BCUT2D eigenvalue weighted by Gasteiger charge is -2.30. The summed E-state index contributed by atoms with van der Waals surface area (Å²) in [7, 11) is 0. The average Bonchev–Trinajstić information content (AvgIpc) is 2.23. The minimum absolute atomic E-state index is 0.786. The topological polar surface area (TPSA) is 28.2 Å². The van der Waals surface area contributed by atoms with E-state index in [1.165, 1.54) is 0 Å². The SMILES string of the molecule is Cc1nccc(N2CCNCC2)c1Cl. The molecule has 3 nitrogen and oxygen atoms in total. The van der Waals surface area contributed by atoms with E-state index < -0.39 is 0 Å². The van der Waals surface area contributed by atoms with Crippen molar-refractivity contribution in [3.05, 3.63) is 23.0 Å². The number of hydrogen-bond donors (Lipinski definition) is 1. The van der Waals surface area contributed by atoms with E-state index in [2.05, 4.69) is 15.2 Å². The molecule has 0 aliphatic carbocycles. The molecular weight excluding hydrogens is 198 g/mol. The molecule has 0 radical (unpaired) electrons. The van der Waals surface area contributed by atoms with Gasteiger partial charge in [0, 0.05) is 32.4 Å². The Balaban J connectivity index is 2.26. The average molecular weight is 212 g/mol. The van der Waals surface area contributed by atoms with Crippen LogP contribution in [0.2, 0.25) is 5.02 Å². The van der Waals surface area contributed by atoms with Crippen molar-refractivity contribution in [3.8, 4) is 0 Å². The van der Waals surface area contributed by atoms with E-state index in [-0.39, 0.29) is 0 Å². The molecule has 4 heteroatoms. The third kappa shape index (κ3) is 1.83. The molecule has 0 bridgehead atoms. The molecule has 1 aromatic heterocycles. The first kappa shape index (κ1) is 9.74. The first-order chi connectivity index (χ1) is 6.79. The Labute approximate surface area is 89.1 Å². The zero-order valence-electron chi connectivity index (χ0n) is 8.26. The van der Waals surface area contributed by atoms with E-state index in [0.29, 0.717) is 0 Å². The van der Waals surface area contributed by atoms with Crippen LogP contribution in [-0.4, -0.2) is 31.2 Å². The predicted molar refractivity (Wildman–Crippen MR) is 59.1 cm³/mol. The summed E-state index contributed by atoms with van der Waals surface area (Å²) in [6, 6.07) is 1.99. The Hall–Kier alpha value is -0.800. The summed E-state index contributed by atoms with van der Waals surface area (Å²) in [5.41, 5.74) is 2.02. The van der Waals surface area contributed by atoms with Crippen LogP contribution in [0.3, 0.4) is 0 Å². The van der Waals surface area contributed by atoms with Gasteiger partial charge in [-0.15, -0.1) is 0 Å². The number of halogens is 1. The third-order valence-corrected chi connectivity index (χ3v) is 2.97. The van der Waals surface area contributed by atoms with Gasteiger partial charge >= 0.3 is 0 Å². The highest BCUT2D eigenvalue weighted by Crippen LogP contribution is 2.27. The van der Waals surface area contributed by atoms with Crippen LogP contribution in [0.4, 0.5) is 5.69 Å². The summed E-state index contributed by atoms with van der Waals surface area (Å²) >= 11 is 6.20. The molecule has 0 saturated carbocycles. The van der Waals surface area contributed by atoms with E-state index >= 15 is 0 Å². The number of aromatic nitrogens is 1. The lowest BCUT2D eigenvalue weighted by molar-refractivity contribution is 0.589. The molecule has 1 saturated heterocycles. The normalized spacial score (nSPS) is 17.1.